The SMILES string of the molecule is Cc1ccc(-c2c(C)sc3nc(C[NH2+]C4CCCCCC4)[nH]c(=O)c23)cc1. The third-order valence-electron chi connectivity index (χ3n) is 5.67. The molecule has 1 saturated carbocycles. The largest absolute Gasteiger partial charge is 0.338 e. The molecule has 0 spiro atoms. The minimum absolute atomic E-state index is 0.0100. The van der Waals surface area contributed by atoms with Crippen LogP contribution in [0.4, 0.5) is 0 Å². The molecule has 0 bridgehead atoms. The lowest BCUT2D eigenvalue weighted by molar-refractivity contribution is -0.706. The fourth-order valence-electron chi connectivity index (χ4n) is 4.15. The predicted molar refractivity (Wildman–Crippen MR) is 112 cm³/mol. The van der Waals surface area contributed by atoms with E-state index >= 15 is 0 Å². The second-order valence-corrected chi connectivity index (χ2v) is 8.99. The topological polar surface area (TPSA) is 62.4 Å². The van der Waals surface area contributed by atoms with Crippen molar-refractivity contribution in [2.75, 3.05) is 0 Å². The summed E-state index contributed by atoms with van der Waals surface area (Å²) < 4.78 is 0. The van der Waals surface area contributed by atoms with Gasteiger partial charge >= 0.3 is 0 Å². The highest BCUT2D eigenvalue weighted by atomic mass is 32.1. The summed E-state index contributed by atoms with van der Waals surface area (Å²) in [6, 6.07) is 9.04. The maximum absolute atomic E-state index is 12.9. The number of nitrogens with zero attached hydrogens (tertiary/aromatic N) is 1. The van der Waals surface area contributed by atoms with Crippen molar-refractivity contribution < 1.29 is 5.32 Å². The summed E-state index contributed by atoms with van der Waals surface area (Å²) in [5.74, 6) is 0.799. The van der Waals surface area contributed by atoms with Crippen LogP contribution in [0.15, 0.2) is 29.1 Å². The molecule has 0 saturated heterocycles. The quantitative estimate of drug-likeness (QED) is 0.669. The van der Waals surface area contributed by atoms with E-state index in [1.54, 1.807) is 11.3 Å². The van der Waals surface area contributed by atoms with E-state index in [4.69, 9.17) is 4.98 Å². The molecule has 5 heteroatoms. The second kappa shape index (κ2) is 7.95. The summed E-state index contributed by atoms with van der Waals surface area (Å²) in [6.07, 6.45) is 7.94. The van der Waals surface area contributed by atoms with Gasteiger partial charge in [0.25, 0.3) is 5.56 Å². The zero-order valence-electron chi connectivity index (χ0n) is 16.2. The summed E-state index contributed by atoms with van der Waals surface area (Å²) in [5, 5.41) is 3.11. The van der Waals surface area contributed by atoms with E-state index in [1.165, 1.54) is 44.1 Å². The molecule has 142 valence electrons. The molecule has 2 aromatic heterocycles. The average Bonchev–Trinajstić information content (AvgIpc) is 2.82. The number of hydrogen-bond acceptors (Lipinski definition) is 3. The Morgan fingerprint density at radius 1 is 1.11 bits per heavy atom. The molecule has 1 aromatic carbocycles. The van der Waals surface area contributed by atoms with Gasteiger partial charge < -0.3 is 10.3 Å². The van der Waals surface area contributed by atoms with Gasteiger partial charge in [-0.1, -0.05) is 42.7 Å². The van der Waals surface area contributed by atoms with Gasteiger partial charge in [0.1, 0.15) is 11.4 Å². The Kier molecular flexibility index (Phi) is 5.41. The number of nitrogens with two attached hydrogens (primary N) is 1. The Bertz CT molecular complexity index is 979. The first-order chi connectivity index (χ1) is 13.1. The molecular weight excluding hydrogens is 354 g/mol. The molecule has 4 rings (SSSR count). The summed E-state index contributed by atoms with van der Waals surface area (Å²) in [7, 11) is 0. The van der Waals surface area contributed by atoms with Gasteiger partial charge in [-0.15, -0.1) is 11.3 Å². The Hall–Kier alpha value is -1.98. The van der Waals surface area contributed by atoms with E-state index in [0.717, 1.165) is 38.6 Å². The summed E-state index contributed by atoms with van der Waals surface area (Å²) in [5.41, 5.74) is 3.33. The maximum Gasteiger partial charge on any atom is 0.260 e. The fraction of sp³-hybridized carbons (Fsp3) is 0.455. The smallest absolute Gasteiger partial charge is 0.260 e. The van der Waals surface area contributed by atoms with Crippen molar-refractivity contribution in [3.05, 3.63) is 50.9 Å². The van der Waals surface area contributed by atoms with Gasteiger partial charge in [-0.25, -0.2) is 4.98 Å². The van der Waals surface area contributed by atoms with Crippen LogP contribution >= 0.6 is 11.3 Å². The molecule has 1 aliphatic carbocycles. The zero-order chi connectivity index (χ0) is 18.8. The highest BCUT2D eigenvalue weighted by Gasteiger charge is 2.19. The van der Waals surface area contributed by atoms with Crippen molar-refractivity contribution in [2.24, 2.45) is 0 Å². The van der Waals surface area contributed by atoms with Crippen molar-refractivity contribution in [1.82, 2.24) is 9.97 Å². The summed E-state index contributed by atoms with van der Waals surface area (Å²) in [4.78, 5) is 22.7. The number of nitrogens with one attached hydrogen (secondary N) is 1. The number of rotatable bonds is 4. The molecule has 0 unspecified atom stereocenters. The molecule has 2 heterocycles. The van der Waals surface area contributed by atoms with E-state index in [-0.39, 0.29) is 5.56 Å². The third kappa shape index (κ3) is 3.99. The van der Waals surface area contributed by atoms with E-state index in [0.29, 0.717) is 6.04 Å². The van der Waals surface area contributed by atoms with Gasteiger partial charge in [-0.2, -0.15) is 0 Å². The molecule has 1 fully saturated rings. The Balaban J connectivity index is 1.62. The van der Waals surface area contributed by atoms with Crippen molar-refractivity contribution in [2.45, 2.75) is 65.0 Å². The Labute approximate surface area is 164 Å². The zero-order valence-corrected chi connectivity index (χ0v) is 17.0. The van der Waals surface area contributed by atoms with Gasteiger partial charge in [0.2, 0.25) is 0 Å². The van der Waals surface area contributed by atoms with E-state index < -0.39 is 0 Å². The lowest BCUT2D eigenvalue weighted by atomic mass is 10.0. The predicted octanol–water partition coefficient (Wildman–Crippen LogP) is 4.05. The van der Waals surface area contributed by atoms with Crippen LogP contribution in [0.25, 0.3) is 21.3 Å². The Morgan fingerprint density at radius 3 is 2.52 bits per heavy atom. The number of aromatic nitrogens is 2. The monoisotopic (exact) mass is 382 g/mol. The Morgan fingerprint density at radius 2 is 1.81 bits per heavy atom. The number of benzene rings is 1. The molecule has 1 aliphatic rings. The first-order valence-electron chi connectivity index (χ1n) is 10.0. The highest BCUT2D eigenvalue weighted by molar-refractivity contribution is 7.19. The van der Waals surface area contributed by atoms with E-state index in [9.17, 15) is 4.79 Å². The number of thiophene rings is 1. The van der Waals surface area contributed by atoms with Gasteiger partial charge in [0.05, 0.1) is 11.4 Å². The van der Waals surface area contributed by atoms with Crippen molar-refractivity contribution in [3.8, 4) is 11.1 Å². The van der Waals surface area contributed by atoms with Crippen LogP contribution in [-0.2, 0) is 6.54 Å². The molecule has 3 N–H and O–H groups in total. The normalized spacial score (nSPS) is 15.9. The van der Waals surface area contributed by atoms with Gasteiger partial charge in [0.15, 0.2) is 5.82 Å². The van der Waals surface area contributed by atoms with Crippen LogP contribution < -0.4 is 10.9 Å². The molecule has 0 aliphatic heterocycles. The van der Waals surface area contributed by atoms with Crippen LogP contribution in [0, 0.1) is 13.8 Å². The van der Waals surface area contributed by atoms with Gasteiger partial charge in [-0.05, 0) is 45.1 Å². The summed E-state index contributed by atoms with van der Waals surface area (Å²) in [6.45, 7) is 4.92. The third-order valence-corrected chi connectivity index (χ3v) is 6.67. The number of aryl methyl sites for hydroxylation is 2. The van der Waals surface area contributed by atoms with Crippen LogP contribution in [0.5, 0.6) is 0 Å². The van der Waals surface area contributed by atoms with Crippen molar-refractivity contribution >= 4 is 21.6 Å². The molecular formula is C22H28N3OS+. The minimum Gasteiger partial charge on any atom is -0.338 e. The van der Waals surface area contributed by atoms with Crippen LogP contribution in [-0.4, -0.2) is 16.0 Å². The first kappa shape index (κ1) is 18.4. The first-order valence-corrected chi connectivity index (χ1v) is 10.9. The maximum atomic E-state index is 12.9. The molecule has 3 aromatic rings. The van der Waals surface area contributed by atoms with Gasteiger partial charge in [0, 0.05) is 10.4 Å². The standard InChI is InChI=1S/C22H27N3OS/c1-14-9-11-16(12-10-14)19-15(2)27-22-20(19)21(26)24-18(25-22)13-23-17-7-5-3-4-6-8-17/h9-12,17,23H,3-8,13H2,1-2H3,(H,24,25,26)/p+1. The van der Waals surface area contributed by atoms with Crippen LogP contribution in [0.2, 0.25) is 0 Å². The fourth-order valence-corrected chi connectivity index (χ4v) is 5.22. The molecule has 27 heavy (non-hydrogen) atoms. The number of aromatic amines is 1. The molecule has 0 radical (unpaired) electrons. The van der Waals surface area contributed by atoms with E-state index in [2.05, 4.69) is 48.4 Å². The van der Waals surface area contributed by atoms with Crippen molar-refractivity contribution in [1.29, 1.82) is 0 Å². The lowest BCUT2D eigenvalue weighted by Gasteiger charge is -2.12. The number of fused-ring (bicyclic) bond motifs is 1. The minimum atomic E-state index is -0.0100. The average molecular weight is 383 g/mol. The summed E-state index contributed by atoms with van der Waals surface area (Å²) >= 11 is 1.63. The molecule has 4 nitrogen and oxygen atoms in total. The van der Waals surface area contributed by atoms with Crippen molar-refractivity contribution in [3.63, 3.8) is 0 Å². The van der Waals surface area contributed by atoms with E-state index in [1.807, 2.05) is 0 Å². The molecule has 0 amide bonds. The number of H-pyrrole nitrogens is 1. The van der Waals surface area contributed by atoms with Crippen LogP contribution in [0.1, 0.15) is 54.8 Å². The molecule has 0 atom stereocenters. The lowest BCUT2D eigenvalue weighted by Crippen LogP contribution is -2.88. The van der Waals surface area contributed by atoms with Gasteiger partial charge in [-0.3, -0.25) is 4.79 Å². The highest BCUT2D eigenvalue weighted by Crippen LogP contribution is 2.35. The number of hydrogen-bond donors (Lipinski definition) is 2. The number of quaternary nitrogens is 1. The second-order valence-electron chi connectivity index (χ2n) is 7.78. The van der Waals surface area contributed by atoms with Crippen LogP contribution in [0.3, 0.4) is 0 Å².